The van der Waals surface area contributed by atoms with E-state index in [2.05, 4.69) is 24.4 Å². The number of methoxy groups -OCH3 is 1. The van der Waals surface area contributed by atoms with Crippen LogP contribution in [0.2, 0.25) is 0 Å². The fraction of sp³-hybridized carbons (Fsp3) is 0.294. The molecule has 2 rings (SSSR count). The largest absolute Gasteiger partial charge is 0.496 e. The first-order chi connectivity index (χ1) is 9.72. The van der Waals surface area contributed by atoms with Gasteiger partial charge in [0.25, 0.3) is 0 Å². The molecule has 2 aromatic carbocycles. The molecule has 0 spiro atoms. The van der Waals surface area contributed by atoms with Gasteiger partial charge in [-0.15, -0.1) is 0 Å². The summed E-state index contributed by atoms with van der Waals surface area (Å²) in [5.74, 6) is 0.915. The highest BCUT2D eigenvalue weighted by Gasteiger charge is 2.03. The molecule has 20 heavy (non-hydrogen) atoms. The number of nitrogens with one attached hydrogen (secondary N) is 1. The van der Waals surface area contributed by atoms with E-state index in [4.69, 9.17) is 9.84 Å². The Balaban J connectivity index is 1.93. The molecule has 0 aliphatic heterocycles. The quantitative estimate of drug-likeness (QED) is 0.849. The lowest BCUT2D eigenvalue weighted by atomic mass is 10.1. The van der Waals surface area contributed by atoms with Gasteiger partial charge < -0.3 is 15.2 Å². The first-order valence-corrected chi connectivity index (χ1v) is 6.76. The van der Waals surface area contributed by atoms with E-state index < -0.39 is 0 Å². The normalized spacial score (nSPS) is 10.6. The van der Waals surface area contributed by atoms with E-state index in [1.54, 1.807) is 7.11 Å². The average molecular weight is 271 g/mol. The Morgan fingerprint density at radius 2 is 1.70 bits per heavy atom. The number of aryl methyl sites for hydroxylation is 1. The monoisotopic (exact) mass is 271 g/mol. The molecule has 0 aromatic heterocycles. The van der Waals surface area contributed by atoms with Crippen molar-refractivity contribution in [2.24, 2.45) is 0 Å². The Hall–Kier alpha value is -1.84. The van der Waals surface area contributed by atoms with E-state index in [0.717, 1.165) is 24.4 Å². The fourth-order valence-electron chi connectivity index (χ4n) is 2.15. The second-order valence-corrected chi connectivity index (χ2v) is 4.89. The van der Waals surface area contributed by atoms with Crippen molar-refractivity contribution < 1.29 is 9.84 Å². The molecular weight excluding hydrogens is 250 g/mol. The number of ether oxygens (including phenoxy) is 1. The molecular formula is C17H21NO2. The summed E-state index contributed by atoms with van der Waals surface area (Å²) in [7, 11) is 1.70. The fourth-order valence-corrected chi connectivity index (χ4v) is 2.15. The molecule has 0 aliphatic rings. The smallest absolute Gasteiger partial charge is 0.123 e. The van der Waals surface area contributed by atoms with Crippen molar-refractivity contribution in [1.82, 2.24) is 5.32 Å². The molecule has 2 N–H and O–H groups in total. The molecule has 0 bridgehead atoms. The van der Waals surface area contributed by atoms with Crippen molar-refractivity contribution in [3.8, 4) is 5.75 Å². The third-order valence-electron chi connectivity index (χ3n) is 3.29. The molecule has 0 atom stereocenters. The number of benzene rings is 2. The minimum atomic E-state index is 0.0915. The molecule has 3 nitrogen and oxygen atoms in total. The summed E-state index contributed by atoms with van der Waals surface area (Å²) in [6, 6.07) is 14.2. The number of aliphatic hydroxyl groups is 1. The van der Waals surface area contributed by atoms with E-state index >= 15 is 0 Å². The topological polar surface area (TPSA) is 41.5 Å². The van der Waals surface area contributed by atoms with E-state index in [1.165, 1.54) is 16.7 Å². The van der Waals surface area contributed by atoms with Gasteiger partial charge in [0.05, 0.1) is 13.7 Å². The second kappa shape index (κ2) is 7.08. The van der Waals surface area contributed by atoms with Crippen molar-refractivity contribution in [1.29, 1.82) is 0 Å². The Bertz CT molecular complexity index is 549. The van der Waals surface area contributed by atoms with Crippen LogP contribution in [0, 0.1) is 6.92 Å². The number of hydrogen-bond donors (Lipinski definition) is 2. The molecule has 0 amide bonds. The molecule has 0 radical (unpaired) electrons. The van der Waals surface area contributed by atoms with Crippen molar-refractivity contribution in [3.05, 3.63) is 64.7 Å². The summed E-state index contributed by atoms with van der Waals surface area (Å²) in [6.07, 6.45) is 0. The highest BCUT2D eigenvalue weighted by molar-refractivity contribution is 5.36. The maximum absolute atomic E-state index is 9.01. The van der Waals surface area contributed by atoms with Gasteiger partial charge in [-0.3, -0.25) is 0 Å². The van der Waals surface area contributed by atoms with Gasteiger partial charge in [-0.2, -0.15) is 0 Å². The molecule has 0 saturated heterocycles. The summed E-state index contributed by atoms with van der Waals surface area (Å²) in [4.78, 5) is 0. The zero-order valence-corrected chi connectivity index (χ0v) is 12.0. The van der Waals surface area contributed by atoms with Crippen molar-refractivity contribution in [2.75, 3.05) is 7.11 Å². The first-order valence-electron chi connectivity index (χ1n) is 6.76. The zero-order valence-electron chi connectivity index (χ0n) is 12.0. The molecule has 0 saturated carbocycles. The number of hydrogen-bond acceptors (Lipinski definition) is 3. The Labute approximate surface area is 120 Å². The molecule has 3 heteroatoms. The van der Waals surface area contributed by atoms with Crippen molar-refractivity contribution in [3.63, 3.8) is 0 Å². The van der Waals surface area contributed by atoms with E-state index in [9.17, 15) is 0 Å². The van der Waals surface area contributed by atoms with Crippen LogP contribution in [0.4, 0.5) is 0 Å². The van der Waals surface area contributed by atoms with E-state index in [-0.39, 0.29) is 6.61 Å². The van der Waals surface area contributed by atoms with Gasteiger partial charge in [-0.25, -0.2) is 0 Å². The highest BCUT2D eigenvalue weighted by atomic mass is 16.5. The van der Waals surface area contributed by atoms with Crippen LogP contribution in [-0.4, -0.2) is 12.2 Å². The van der Waals surface area contributed by atoms with Gasteiger partial charge >= 0.3 is 0 Å². The maximum atomic E-state index is 9.01. The van der Waals surface area contributed by atoms with Crippen LogP contribution in [0.5, 0.6) is 5.75 Å². The van der Waals surface area contributed by atoms with Crippen LogP contribution in [0.3, 0.4) is 0 Å². The lowest BCUT2D eigenvalue weighted by molar-refractivity contribution is 0.282. The van der Waals surface area contributed by atoms with E-state index in [0.29, 0.717) is 0 Å². The van der Waals surface area contributed by atoms with Crippen LogP contribution in [0.25, 0.3) is 0 Å². The third kappa shape index (κ3) is 3.83. The number of rotatable bonds is 6. The summed E-state index contributed by atoms with van der Waals surface area (Å²) in [6.45, 7) is 3.74. The first kappa shape index (κ1) is 14.6. The van der Waals surface area contributed by atoms with E-state index in [1.807, 2.05) is 30.3 Å². The molecule has 106 valence electrons. The van der Waals surface area contributed by atoms with Crippen LogP contribution in [0.1, 0.15) is 22.3 Å². The third-order valence-corrected chi connectivity index (χ3v) is 3.29. The predicted molar refractivity (Wildman–Crippen MR) is 80.6 cm³/mol. The molecule has 0 fully saturated rings. The lowest BCUT2D eigenvalue weighted by Gasteiger charge is -2.11. The SMILES string of the molecule is COc1ccc(C)cc1CNCc1ccc(CO)cc1. The summed E-state index contributed by atoms with van der Waals surface area (Å²) < 4.78 is 5.37. The standard InChI is InChI=1S/C17H21NO2/c1-13-3-8-17(20-2)16(9-13)11-18-10-14-4-6-15(12-19)7-5-14/h3-9,18-19H,10-12H2,1-2H3. The van der Waals surface area contributed by atoms with Gasteiger partial charge in [0.15, 0.2) is 0 Å². The maximum Gasteiger partial charge on any atom is 0.123 e. The molecule has 2 aromatic rings. The minimum absolute atomic E-state index is 0.0915. The Kier molecular flexibility index (Phi) is 5.16. The van der Waals surface area contributed by atoms with Gasteiger partial charge in [-0.05, 0) is 24.1 Å². The summed E-state index contributed by atoms with van der Waals surface area (Å²) in [5, 5.41) is 12.4. The van der Waals surface area contributed by atoms with Crippen LogP contribution < -0.4 is 10.1 Å². The van der Waals surface area contributed by atoms with Crippen LogP contribution in [-0.2, 0) is 19.7 Å². The highest BCUT2D eigenvalue weighted by Crippen LogP contribution is 2.19. The second-order valence-electron chi connectivity index (χ2n) is 4.89. The lowest BCUT2D eigenvalue weighted by Crippen LogP contribution is -2.13. The molecule has 0 unspecified atom stereocenters. The Morgan fingerprint density at radius 3 is 2.35 bits per heavy atom. The zero-order chi connectivity index (χ0) is 14.4. The van der Waals surface area contributed by atoms with Crippen LogP contribution in [0.15, 0.2) is 42.5 Å². The Morgan fingerprint density at radius 1 is 1.00 bits per heavy atom. The van der Waals surface area contributed by atoms with Gasteiger partial charge in [0.1, 0.15) is 5.75 Å². The van der Waals surface area contributed by atoms with Gasteiger partial charge in [0.2, 0.25) is 0 Å². The summed E-state index contributed by atoms with van der Waals surface area (Å²) in [5.41, 5.74) is 4.54. The number of aliphatic hydroxyl groups excluding tert-OH is 1. The summed E-state index contributed by atoms with van der Waals surface area (Å²) >= 11 is 0. The molecule has 0 heterocycles. The van der Waals surface area contributed by atoms with Crippen LogP contribution >= 0.6 is 0 Å². The van der Waals surface area contributed by atoms with Crippen molar-refractivity contribution >= 4 is 0 Å². The minimum Gasteiger partial charge on any atom is -0.496 e. The predicted octanol–water partition coefficient (Wildman–Crippen LogP) is 2.79. The van der Waals surface area contributed by atoms with Gasteiger partial charge in [-0.1, -0.05) is 42.0 Å². The molecule has 0 aliphatic carbocycles. The average Bonchev–Trinajstić information content (AvgIpc) is 2.48. The van der Waals surface area contributed by atoms with Gasteiger partial charge in [0, 0.05) is 18.7 Å². The van der Waals surface area contributed by atoms with Crippen molar-refractivity contribution in [2.45, 2.75) is 26.6 Å².